The number of aliphatic hydroxyl groups excluding tert-OH is 1. The first-order chi connectivity index (χ1) is 17.5. The molecular formula is C28H40N2O6. The Kier molecular flexibility index (Phi) is 9.84. The summed E-state index contributed by atoms with van der Waals surface area (Å²) in [5.41, 5.74) is 4.91. The van der Waals surface area contributed by atoms with Crippen LogP contribution in [0.4, 0.5) is 0 Å². The molecule has 2 aliphatic rings. The molecule has 2 aromatic rings. The van der Waals surface area contributed by atoms with Crippen LogP contribution in [0.2, 0.25) is 0 Å². The molecule has 2 aromatic carbocycles. The third-order valence-corrected chi connectivity index (χ3v) is 7.10. The molecule has 0 saturated carbocycles. The highest BCUT2D eigenvalue weighted by Crippen LogP contribution is 2.42. The summed E-state index contributed by atoms with van der Waals surface area (Å²) in [5, 5.41) is 7.00. The van der Waals surface area contributed by atoms with E-state index in [-0.39, 0.29) is 5.91 Å². The summed E-state index contributed by atoms with van der Waals surface area (Å²) in [6.45, 7) is 3.47. The van der Waals surface area contributed by atoms with Crippen molar-refractivity contribution in [3.63, 3.8) is 0 Å². The first-order valence-corrected chi connectivity index (χ1v) is 12.4. The maximum absolute atomic E-state index is 12.9. The maximum atomic E-state index is 12.9. The lowest BCUT2D eigenvalue weighted by atomic mass is 9.77. The molecule has 198 valence electrons. The van der Waals surface area contributed by atoms with Gasteiger partial charge < -0.3 is 33.9 Å². The fraction of sp³-hybridized carbons (Fsp3) is 0.536. The van der Waals surface area contributed by atoms with Gasteiger partial charge in [-0.15, -0.1) is 0 Å². The van der Waals surface area contributed by atoms with Gasteiger partial charge in [-0.1, -0.05) is 0 Å². The second-order valence-electron chi connectivity index (χ2n) is 9.21. The molecule has 0 radical (unpaired) electrons. The Morgan fingerprint density at radius 3 is 2.06 bits per heavy atom. The number of hydrogen-bond donors (Lipinski definition) is 1. The number of hydrogen-bond acceptors (Lipinski definition) is 7. The number of carbonyl (C=O) groups is 1. The van der Waals surface area contributed by atoms with Gasteiger partial charge in [0.2, 0.25) is 5.91 Å². The van der Waals surface area contributed by atoms with Crippen molar-refractivity contribution in [2.75, 3.05) is 68.8 Å². The lowest BCUT2D eigenvalue weighted by Gasteiger charge is -2.34. The average molecular weight is 501 g/mol. The summed E-state index contributed by atoms with van der Waals surface area (Å²) in [6, 6.07) is 8.18. The monoisotopic (exact) mass is 500 g/mol. The van der Waals surface area contributed by atoms with Gasteiger partial charge in [0.15, 0.2) is 23.0 Å². The molecule has 1 aliphatic carbocycles. The molecule has 0 spiro atoms. The fourth-order valence-corrected chi connectivity index (χ4v) is 5.15. The van der Waals surface area contributed by atoms with Crippen LogP contribution in [0.1, 0.15) is 34.6 Å². The Morgan fingerprint density at radius 1 is 0.889 bits per heavy atom. The zero-order valence-corrected chi connectivity index (χ0v) is 22.4. The summed E-state index contributed by atoms with van der Waals surface area (Å²) in [7, 11) is 9.79. The fourth-order valence-electron chi connectivity index (χ4n) is 5.15. The highest BCUT2D eigenvalue weighted by molar-refractivity contribution is 5.80. The third-order valence-electron chi connectivity index (χ3n) is 7.10. The minimum Gasteiger partial charge on any atom is -0.493 e. The molecule has 36 heavy (non-hydrogen) atoms. The van der Waals surface area contributed by atoms with Crippen LogP contribution in [-0.2, 0) is 24.1 Å². The van der Waals surface area contributed by atoms with Crippen molar-refractivity contribution in [2.24, 2.45) is 0 Å². The van der Waals surface area contributed by atoms with Gasteiger partial charge in [0.1, 0.15) is 0 Å². The Bertz CT molecular complexity index is 1040. The van der Waals surface area contributed by atoms with Crippen molar-refractivity contribution in [1.82, 2.24) is 9.80 Å². The number of benzene rings is 2. The van der Waals surface area contributed by atoms with Crippen LogP contribution in [-0.4, -0.2) is 89.6 Å². The molecule has 1 aliphatic heterocycles. The topological polar surface area (TPSA) is 80.7 Å². The van der Waals surface area contributed by atoms with E-state index in [1.807, 2.05) is 17.0 Å². The molecular weight excluding hydrogens is 460 g/mol. The van der Waals surface area contributed by atoms with Crippen molar-refractivity contribution in [1.29, 1.82) is 0 Å². The summed E-state index contributed by atoms with van der Waals surface area (Å²) in [5.74, 6) is 3.69. The highest BCUT2D eigenvalue weighted by atomic mass is 16.5. The van der Waals surface area contributed by atoms with Gasteiger partial charge in [0.25, 0.3) is 0 Å². The quantitative estimate of drug-likeness (QED) is 0.537. The summed E-state index contributed by atoms with van der Waals surface area (Å²) in [4.78, 5) is 17.3. The molecule has 0 fully saturated rings. The smallest absolute Gasteiger partial charge is 0.227 e. The van der Waals surface area contributed by atoms with Crippen LogP contribution in [0.25, 0.3) is 0 Å². The van der Waals surface area contributed by atoms with E-state index in [1.165, 1.54) is 16.7 Å². The zero-order valence-electron chi connectivity index (χ0n) is 22.4. The lowest BCUT2D eigenvalue weighted by molar-refractivity contribution is -0.130. The predicted molar refractivity (Wildman–Crippen MR) is 140 cm³/mol. The molecule has 1 N–H and O–H groups in total. The van der Waals surface area contributed by atoms with Crippen LogP contribution >= 0.6 is 0 Å². The van der Waals surface area contributed by atoms with E-state index in [0.29, 0.717) is 18.1 Å². The van der Waals surface area contributed by atoms with Crippen molar-refractivity contribution >= 4 is 5.91 Å². The molecule has 4 rings (SSSR count). The van der Waals surface area contributed by atoms with Crippen LogP contribution in [0.3, 0.4) is 0 Å². The van der Waals surface area contributed by atoms with Crippen LogP contribution in [0.15, 0.2) is 24.3 Å². The molecule has 0 bridgehead atoms. The molecule has 0 saturated heterocycles. The molecule has 1 unspecified atom stereocenters. The number of fused-ring (bicyclic) bond motifs is 2. The van der Waals surface area contributed by atoms with E-state index < -0.39 is 0 Å². The normalized spacial score (nSPS) is 16.2. The predicted octanol–water partition coefficient (Wildman–Crippen LogP) is 2.92. The van der Waals surface area contributed by atoms with Crippen molar-refractivity contribution in [2.45, 2.75) is 31.6 Å². The lowest BCUT2D eigenvalue weighted by Crippen LogP contribution is -2.36. The number of carbonyl (C=O) groups excluding carboxylic acids is 1. The first-order valence-electron chi connectivity index (χ1n) is 12.4. The summed E-state index contributed by atoms with van der Waals surface area (Å²) < 4.78 is 21.7. The number of amides is 1. The SMILES string of the molecule is CO.COc1cc2c(cc1OC)CC(=O)N(CCCN(C)CC1Cc3cc(OC)c(OC)cc31)CC2. The number of nitrogens with zero attached hydrogens (tertiary/aromatic N) is 2. The van der Waals surface area contributed by atoms with Gasteiger partial charge in [0.05, 0.1) is 34.9 Å². The second kappa shape index (κ2) is 12.8. The van der Waals surface area contributed by atoms with E-state index in [9.17, 15) is 4.79 Å². The molecule has 1 amide bonds. The Labute approximate surface area is 214 Å². The summed E-state index contributed by atoms with van der Waals surface area (Å²) in [6.07, 6.45) is 3.27. The largest absolute Gasteiger partial charge is 0.493 e. The standard InChI is InChI=1S/C27H36N2O5.CH4O/c1-28(17-21-11-20-14-25(33-4)26(34-5)16-22(20)21)8-6-9-29-10-7-18-12-23(31-2)24(32-3)13-19(18)15-27(29)30;1-2/h12-14,16,21H,6-11,15,17H2,1-5H3;2H,1H3. The van der Waals surface area contributed by atoms with Gasteiger partial charge in [-0.3, -0.25) is 4.79 Å². The summed E-state index contributed by atoms with van der Waals surface area (Å²) >= 11 is 0. The van der Waals surface area contributed by atoms with Gasteiger partial charge in [-0.2, -0.15) is 0 Å². The maximum Gasteiger partial charge on any atom is 0.227 e. The number of methoxy groups -OCH3 is 4. The number of likely N-dealkylation sites (N-methyl/N-ethyl adjacent to an activating group) is 1. The van der Waals surface area contributed by atoms with E-state index in [1.54, 1.807) is 28.4 Å². The van der Waals surface area contributed by atoms with E-state index in [4.69, 9.17) is 24.1 Å². The van der Waals surface area contributed by atoms with E-state index >= 15 is 0 Å². The van der Waals surface area contributed by atoms with E-state index in [2.05, 4.69) is 24.1 Å². The van der Waals surface area contributed by atoms with Gasteiger partial charge in [-0.05, 0) is 79.4 Å². The Balaban J connectivity index is 0.00000176. The highest BCUT2D eigenvalue weighted by Gasteiger charge is 2.29. The van der Waals surface area contributed by atoms with Crippen molar-refractivity contribution in [3.05, 3.63) is 46.5 Å². The van der Waals surface area contributed by atoms with E-state index in [0.717, 1.165) is 75.4 Å². The average Bonchev–Trinajstić information content (AvgIpc) is 3.04. The van der Waals surface area contributed by atoms with Gasteiger partial charge >= 0.3 is 0 Å². The molecule has 8 nitrogen and oxygen atoms in total. The Hall–Kier alpha value is -2.97. The minimum absolute atomic E-state index is 0.183. The van der Waals surface area contributed by atoms with Crippen molar-refractivity contribution in [3.8, 4) is 23.0 Å². The second-order valence-corrected chi connectivity index (χ2v) is 9.21. The first kappa shape index (κ1) is 27.6. The number of ether oxygens (including phenoxy) is 4. The number of aliphatic hydroxyl groups is 1. The number of rotatable bonds is 10. The zero-order chi connectivity index (χ0) is 26.2. The van der Waals surface area contributed by atoms with Gasteiger partial charge in [-0.25, -0.2) is 0 Å². The third kappa shape index (κ3) is 6.05. The van der Waals surface area contributed by atoms with Crippen molar-refractivity contribution < 1.29 is 28.8 Å². The molecule has 1 heterocycles. The van der Waals surface area contributed by atoms with Crippen LogP contribution in [0, 0.1) is 0 Å². The van der Waals surface area contributed by atoms with Crippen LogP contribution in [0.5, 0.6) is 23.0 Å². The van der Waals surface area contributed by atoms with Crippen LogP contribution < -0.4 is 18.9 Å². The van der Waals surface area contributed by atoms with Gasteiger partial charge in [0, 0.05) is 32.7 Å². The molecule has 0 aromatic heterocycles. The molecule has 1 atom stereocenters. The Morgan fingerprint density at radius 2 is 1.44 bits per heavy atom. The minimum atomic E-state index is 0.183. The molecule has 8 heteroatoms.